The third-order valence-corrected chi connectivity index (χ3v) is 12.0. The van der Waals surface area contributed by atoms with Crippen molar-refractivity contribution >= 4 is 42.7 Å². The Kier molecular flexibility index (Phi) is 9.21. The van der Waals surface area contributed by atoms with Crippen LogP contribution in [-0.2, 0) is 32.5 Å². The largest absolute Gasteiger partial charge is 0.478 e. The number of benzene rings is 3. The van der Waals surface area contributed by atoms with Crippen molar-refractivity contribution in [3.8, 4) is 0 Å². The van der Waals surface area contributed by atoms with Gasteiger partial charge in [0.2, 0.25) is 9.84 Å². The van der Waals surface area contributed by atoms with E-state index in [1.54, 1.807) is 30.3 Å². The summed E-state index contributed by atoms with van der Waals surface area (Å²) in [5.41, 5.74) is 3.42. The van der Waals surface area contributed by atoms with Gasteiger partial charge in [0, 0.05) is 12.2 Å². The number of anilines is 1. The van der Waals surface area contributed by atoms with E-state index in [1.807, 2.05) is 36.4 Å². The monoisotopic (exact) mass is 583 g/mol. The minimum atomic E-state index is -3.75. The highest BCUT2D eigenvalue weighted by molar-refractivity contribution is 7.96. The predicted octanol–water partition coefficient (Wildman–Crippen LogP) is 5.73. The van der Waals surface area contributed by atoms with Gasteiger partial charge in [0.25, 0.3) is 0 Å². The highest BCUT2D eigenvalue weighted by Crippen LogP contribution is 2.31. The van der Waals surface area contributed by atoms with Crippen LogP contribution < -0.4 is 5.32 Å². The number of aryl methyl sites for hydroxylation is 2. The first-order chi connectivity index (χ1) is 18.7. The maximum atomic E-state index is 12.8. The van der Waals surface area contributed by atoms with Crippen LogP contribution in [0.2, 0.25) is 0 Å². The van der Waals surface area contributed by atoms with Gasteiger partial charge < -0.3 is 10.4 Å². The third kappa shape index (κ3) is 7.35. The molecule has 39 heavy (non-hydrogen) atoms. The van der Waals surface area contributed by atoms with E-state index in [1.165, 1.54) is 24.3 Å². The van der Waals surface area contributed by atoms with Crippen LogP contribution in [0.4, 0.5) is 5.69 Å². The number of unbranched alkanes of at least 4 members (excludes halogenated alkanes) is 1. The number of para-hydroxylation sites is 1. The van der Waals surface area contributed by atoms with Crippen LogP contribution in [0.3, 0.4) is 0 Å². The van der Waals surface area contributed by atoms with Crippen molar-refractivity contribution in [2.75, 3.05) is 17.6 Å². The number of carboxylic acid groups (broad SMARTS) is 1. The molecule has 10 heteroatoms. The molecular weight excluding hydrogens is 555 g/mol. The van der Waals surface area contributed by atoms with Crippen molar-refractivity contribution < 1.29 is 26.7 Å². The van der Waals surface area contributed by atoms with Gasteiger partial charge in [-0.1, -0.05) is 48.5 Å². The molecule has 1 aromatic heterocycles. The van der Waals surface area contributed by atoms with Crippen molar-refractivity contribution in [1.82, 2.24) is 0 Å². The molecule has 0 unspecified atom stereocenters. The van der Waals surface area contributed by atoms with Crippen LogP contribution in [0, 0.1) is 0 Å². The van der Waals surface area contributed by atoms with Crippen LogP contribution >= 0.6 is 11.3 Å². The SMILES string of the molecule is O=C(O)c1ccc(CCc2ccccc2NCCCCS(=O)(=O)c2ccc(S(=O)(=O)c3ccccc3)s2)cc1. The molecule has 0 radical (unpaired) electrons. The first kappa shape index (κ1) is 28.5. The molecule has 0 bridgehead atoms. The Morgan fingerprint density at radius 3 is 2.13 bits per heavy atom. The second-order valence-corrected chi connectivity index (χ2v) is 14.6. The maximum absolute atomic E-state index is 12.8. The molecule has 3 aromatic carbocycles. The molecule has 0 fully saturated rings. The van der Waals surface area contributed by atoms with Crippen LogP contribution in [0.15, 0.2) is 104 Å². The van der Waals surface area contributed by atoms with Gasteiger partial charge in [0.05, 0.1) is 16.2 Å². The van der Waals surface area contributed by atoms with Crippen LogP contribution in [-0.4, -0.2) is 40.2 Å². The van der Waals surface area contributed by atoms with E-state index in [0.29, 0.717) is 19.4 Å². The number of carboxylic acids is 1. The summed E-state index contributed by atoms with van der Waals surface area (Å²) in [4.78, 5) is 11.2. The van der Waals surface area contributed by atoms with Crippen molar-refractivity contribution in [3.63, 3.8) is 0 Å². The van der Waals surface area contributed by atoms with Crippen LogP contribution in [0.1, 0.15) is 34.3 Å². The molecular formula is C29H29NO6S3. The molecule has 204 valence electrons. The van der Waals surface area contributed by atoms with E-state index < -0.39 is 25.6 Å². The highest BCUT2D eigenvalue weighted by Gasteiger charge is 2.24. The second kappa shape index (κ2) is 12.6. The van der Waals surface area contributed by atoms with Crippen LogP contribution in [0.5, 0.6) is 0 Å². The lowest BCUT2D eigenvalue weighted by Gasteiger charge is -2.12. The van der Waals surface area contributed by atoms with E-state index in [4.69, 9.17) is 5.11 Å². The zero-order valence-corrected chi connectivity index (χ0v) is 23.6. The van der Waals surface area contributed by atoms with E-state index in [0.717, 1.165) is 41.0 Å². The normalized spacial score (nSPS) is 11.8. The van der Waals surface area contributed by atoms with Gasteiger partial charge >= 0.3 is 5.97 Å². The molecule has 2 N–H and O–H groups in total. The van der Waals surface area contributed by atoms with Gasteiger partial charge in [-0.05, 0) is 79.3 Å². The minimum absolute atomic E-state index is 0.0170. The molecule has 0 saturated carbocycles. The van der Waals surface area contributed by atoms with Gasteiger partial charge in [0.1, 0.15) is 8.42 Å². The lowest BCUT2D eigenvalue weighted by Crippen LogP contribution is -2.09. The first-order valence-corrected chi connectivity index (χ1v) is 16.4. The molecule has 0 saturated heterocycles. The van der Waals surface area contributed by atoms with Gasteiger partial charge in [-0.3, -0.25) is 0 Å². The van der Waals surface area contributed by atoms with Crippen molar-refractivity contribution in [2.45, 2.75) is 39.0 Å². The number of carbonyl (C=O) groups is 1. The van der Waals surface area contributed by atoms with Crippen molar-refractivity contribution in [1.29, 1.82) is 0 Å². The molecule has 7 nitrogen and oxygen atoms in total. The average Bonchev–Trinajstić information content (AvgIpc) is 3.46. The van der Waals surface area contributed by atoms with E-state index in [2.05, 4.69) is 5.32 Å². The number of thiophene rings is 1. The molecule has 4 aromatic rings. The number of hydrogen-bond donors (Lipinski definition) is 2. The van der Waals surface area contributed by atoms with Gasteiger partial charge in [-0.15, -0.1) is 11.3 Å². The predicted molar refractivity (Wildman–Crippen MR) is 153 cm³/mol. The van der Waals surface area contributed by atoms with Crippen LogP contribution in [0.25, 0.3) is 0 Å². The molecule has 0 spiro atoms. The summed E-state index contributed by atoms with van der Waals surface area (Å²) in [5, 5.41) is 12.4. The Labute approximate surface area is 233 Å². The molecule has 0 aliphatic heterocycles. The van der Waals surface area contributed by atoms with Gasteiger partial charge in [0.15, 0.2) is 9.84 Å². The first-order valence-electron chi connectivity index (χ1n) is 12.4. The smallest absolute Gasteiger partial charge is 0.335 e. The summed E-state index contributed by atoms with van der Waals surface area (Å²) in [6, 6.07) is 25.5. The number of rotatable bonds is 13. The summed E-state index contributed by atoms with van der Waals surface area (Å²) in [6.07, 6.45) is 2.60. The third-order valence-electron chi connectivity index (χ3n) is 6.24. The van der Waals surface area contributed by atoms with Gasteiger partial charge in [-0.25, -0.2) is 21.6 Å². The van der Waals surface area contributed by atoms with E-state index in [9.17, 15) is 21.6 Å². The summed E-state index contributed by atoms with van der Waals surface area (Å²) in [5.74, 6) is -1.01. The van der Waals surface area contributed by atoms with E-state index in [-0.39, 0.29) is 24.6 Å². The minimum Gasteiger partial charge on any atom is -0.478 e. The van der Waals surface area contributed by atoms with Gasteiger partial charge in [-0.2, -0.15) is 0 Å². The molecule has 4 rings (SSSR count). The fourth-order valence-corrected chi connectivity index (χ4v) is 8.78. The summed E-state index contributed by atoms with van der Waals surface area (Å²) >= 11 is 0.789. The van der Waals surface area contributed by atoms with Crippen molar-refractivity contribution in [3.05, 3.63) is 108 Å². The Hall–Kier alpha value is -3.47. The number of nitrogens with one attached hydrogen (secondary N) is 1. The summed E-state index contributed by atoms with van der Waals surface area (Å²) < 4.78 is 51.3. The Bertz CT molecular complexity index is 1630. The molecule has 0 aliphatic carbocycles. The lowest BCUT2D eigenvalue weighted by molar-refractivity contribution is 0.0697. The molecule has 0 atom stereocenters. The summed E-state index contributed by atoms with van der Waals surface area (Å²) in [7, 11) is -7.34. The fourth-order valence-electron chi connectivity index (χ4n) is 4.08. The quantitative estimate of drug-likeness (QED) is 0.193. The zero-order chi connectivity index (χ0) is 27.9. The number of sulfone groups is 2. The number of aromatic carboxylic acids is 1. The molecule has 1 heterocycles. The Morgan fingerprint density at radius 1 is 0.744 bits per heavy atom. The Morgan fingerprint density at radius 2 is 1.41 bits per heavy atom. The molecule has 0 amide bonds. The maximum Gasteiger partial charge on any atom is 0.335 e. The van der Waals surface area contributed by atoms with Crippen molar-refractivity contribution in [2.24, 2.45) is 0 Å². The van der Waals surface area contributed by atoms with E-state index >= 15 is 0 Å². The number of hydrogen-bond acceptors (Lipinski definition) is 7. The standard InChI is InChI=1S/C29H29NO6S3/c31-29(32)24-16-13-22(14-17-24)12-15-23-8-4-5-11-26(23)30-20-6-7-21-38(33,34)27-18-19-28(37-27)39(35,36)25-9-2-1-3-10-25/h1-5,8-11,13-14,16-19,30H,6-7,12,15,20-21H2,(H,31,32). The fraction of sp³-hybridized carbons (Fsp3) is 0.207. The lowest BCUT2D eigenvalue weighted by atomic mass is 10.0. The molecule has 0 aliphatic rings. The zero-order valence-electron chi connectivity index (χ0n) is 21.1. The topological polar surface area (TPSA) is 118 Å². The average molecular weight is 584 g/mol. The summed E-state index contributed by atoms with van der Waals surface area (Å²) in [6.45, 7) is 0.595. The Balaban J connectivity index is 1.28. The highest BCUT2D eigenvalue weighted by atomic mass is 32.3. The second-order valence-electron chi connectivity index (χ2n) is 9.00.